The van der Waals surface area contributed by atoms with Crippen molar-refractivity contribution < 1.29 is 35.5 Å². The number of anilines is 1. The minimum Gasteiger partial charge on any atom is -0.490 e. The van der Waals surface area contributed by atoms with Crippen molar-refractivity contribution in [2.24, 2.45) is 0 Å². The first kappa shape index (κ1) is 24.8. The SMILES string of the molecule is O=S(=O)(Nc1ccc(OCCOc2cccc(C(F)(F)F)c2)cc1F)c1ccc2c(c1)CCNC2. The summed E-state index contributed by atoms with van der Waals surface area (Å²) < 4.78 is 91.2. The number of hydrogen-bond acceptors (Lipinski definition) is 5. The van der Waals surface area contributed by atoms with Crippen LogP contribution in [-0.4, -0.2) is 28.2 Å². The highest BCUT2D eigenvalue weighted by molar-refractivity contribution is 7.92. The number of alkyl halides is 3. The number of rotatable bonds is 8. The van der Waals surface area contributed by atoms with Crippen LogP contribution in [0.1, 0.15) is 16.7 Å². The van der Waals surface area contributed by atoms with Crippen LogP contribution in [0.25, 0.3) is 0 Å². The standard InChI is InChI=1S/C24H22F4N2O4S/c25-22-14-20(34-11-10-33-19-3-1-2-18(13-19)24(26,27)28)5-7-23(22)30-35(31,32)21-6-4-17-15-29-9-8-16(17)12-21/h1-7,12-14,29-30H,8-11,15H2. The first-order valence-corrected chi connectivity index (χ1v) is 12.2. The van der Waals surface area contributed by atoms with E-state index in [0.717, 1.165) is 35.9 Å². The highest BCUT2D eigenvalue weighted by Gasteiger charge is 2.30. The zero-order valence-electron chi connectivity index (χ0n) is 18.4. The second kappa shape index (κ2) is 10.1. The summed E-state index contributed by atoms with van der Waals surface area (Å²) in [5.74, 6) is -0.704. The molecule has 11 heteroatoms. The van der Waals surface area contributed by atoms with E-state index in [9.17, 15) is 26.0 Å². The molecule has 0 saturated heterocycles. The lowest BCUT2D eigenvalue weighted by Crippen LogP contribution is -2.24. The molecule has 3 aromatic carbocycles. The molecule has 0 fully saturated rings. The number of sulfonamides is 1. The van der Waals surface area contributed by atoms with Gasteiger partial charge in [-0.1, -0.05) is 12.1 Å². The molecule has 1 aliphatic rings. The second-order valence-corrected chi connectivity index (χ2v) is 9.51. The molecule has 1 heterocycles. The molecule has 0 amide bonds. The number of fused-ring (bicyclic) bond motifs is 1. The molecule has 2 N–H and O–H groups in total. The molecule has 4 rings (SSSR count). The minimum atomic E-state index is -4.48. The van der Waals surface area contributed by atoms with Crippen molar-refractivity contribution in [2.75, 3.05) is 24.5 Å². The van der Waals surface area contributed by atoms with Crippen molar-refractivity contribution in [3.63, 3.8) is 0 Å². The normalized spacial score (nSPS) is 13.7. The van der Waals surface area contributed by atoms with E-state index in [1.807, 2.05) is 0 Å². The summed E-state index contributed by atoms with van der Waals surface area (Å²) in [6.45, 7) is 1.28. The lowest BCUT2D eigenvalue weighted by molar-refractivity contribution is -0.137. The summed E-state index contributed by atoms with van der Waals surface area (Å²) in [5, 5.41) is 3.21. The van der Waals surface area contributed by atoms with Gasteiger partial charge in [0.2, 0.25) is 0 Å². The van der Waals surface area contributed by atoms with Gasteiger partial charge in [0.05, 0.1) is 16.1 Å². The number of ether oxygens (including phenoxy) is 2. The topological polar surface area (TPSA) is 76.7 Å². The van der Waals surface area contributed by atoms with Gasteiger partial charge < -0.3 is 14.8 Å². The molecular formula is C24H22F4N2O4S. The molecule has 186 valence electrons. The average Bonchev–Trinajstić information content (AvgIpc) is 2.83. The Morgan fingerprint density at radius 3 is 2.37 bits per heavy atom. The molecule has 6 nitrogen and oxygen atoms in total. The van der Waals surface area contributed by atoms with E-state index in [4.69, 9.17) is 9.47 Å². The van der Waals surface area contributed by atoms with Crippen LogP contribution in [0.2, 0.25) is 0 Å². The first-order valence-electron chi connectivity index (χ1n) is 10.7. The quantitative estimate of drug-likeness (QED) is 0.338. The van der Waals surface area contributed by atoms with Gasteiger partial charge in [0.15, 0.2) is 5.82 Å². The van der Waals surface area contributed by atoms with E-state index in [-0.39, 0.29) is 35.3 Å². The molecule has 1 aliphatic heterocycles. The molecule has 0 aromatic heterocycles. The molecule has 0 atom stereocenters. The molecule has 0 aliphatic carbocycles. The van der Waals surface area contributed by atoms with Crippen LogP contribution < -0.4 is 19.5 Å². The lowest BCUT2D eigenvalue weighted by Gasteiger charge is -2.18. The summed E-state index contributed by atoms with van der Waals surface area (Å²) in [5.41, 5.74) is 0.892. The Balaban J connectivity index is 1.34. The Morgan fingerprint density at radius 1 is 0.914 bits per heavy atom. The molecular weight excluding hydrogens is 488 g/mol. The van der Waals surface area contributed by atoms with Crippen LogP contribution in [0.4, 0.5) is 23.2 Å². The fraction of sp³-hybridized carbons (Fsp3) is 0.250. The van der Waals surface area contributed by atoms with Crippen molar-refractivity contribution in [1.82, 2.24) is 5.32 Å². The van der Waals surface area contributed by atoms with Gasteiger partial charge in [-0.2, -0.15) is 13.2 Å². The molecule has 0 bridgehead atoms. The Kier molecular flexibility index (Phi) is 7.18. The van der Waals surface area contributed by atoms with E-state index >= 15 is 0 Å². The highest BCUT2D eigenvalue weighted by atomic mass is 32.2. The third-order valence-corrected chi connectivity index (χ3v) is 6.70. The summed E-state index contributed by atoms with van der Waals surface area (Å²) >= 11 is 0. The maximum atomic E-state index is 14.5. The summed E-state index contributed by atoms with van der Waals surface area (Å²) in [6.07, 6.45) is -3.77. The number of hydrogen-bond donors (Lipinski definition) is 2. The minimum absolute atomic E-state index is 0.0257. The zero-order chi connectivity index (χ0) is 25.1. The Morgan fingerprint density at radius 2 is 1.66 bits per heavy atom. The van der Waals surface area contributed by atoms with Gasteiger partial charge in [-0.25, -0.2) is 12.8 Å². The molecule has 0 saturated carbocycles. The molecule has 0 unspecified atom stereocenters. The first-order chi connectivity index (χ1) is 16.6. The van der Waals surface area contributed by atoms with Gasteiger partial charge in [-0.15, -0.1) is 0 Å². The van der Waals surface area contributed by atoms with E-state index in [2.05, 4.69) is 10.0 Å². The molecule has 3 aromatic rings. The number of halogens is 4. The van der Waals surface area contributed by atoms with Crippen LogP contribution in [0.3, 0.4) is 0 Å². The fourth-order valence-electron chi connectivity index (χ4n) is 3.57. The summed E-state index contributed by atoms with van der Waals surface area (Å²) in [6, 6.07) is 12.9. The van der Waals surface area contributed by atoms with Crippen LogP contribution in [0.5, 0.6) is 11.5 Å². The van der Waals surface area contributed by atoms with Gasteiger partial charge in [0, 0.05) is 12.6 Å². The van der Waals surface area contributed by atoms with Crippen molar-refractivity contribution in [3.05, 3.63) is 83.2 Å². The van der Waals surface area contributed by atoms with E-state index in [1.165, 1.54) is 30.3 Å². The largest absolute Gasteiger partial charge is 0.490 e. The Hall–Kier alpha value is -3.31. The Labute approximate surface area is 199 Å². The number of nitrogens with one attached hydrogen (secondary N) is 2. The summed E-state index contributed by atoms with van der Waals surface area (Å²) in [7, 11) is -4.00. The maximum Gasteiger partial charge on any atom is 0.416 e. The Bertz CT molecular complexity index is 1310. The summed E-state index contributed by atoms with van der Waals surface area (Å²) in [4.78, 5) is 0.0459. The third-order valence-electron chi connectivity index (χ3n) is 5.34. The maximum absolute atomic E-state index is 14.5. The molecule has 35 heavy (non-hydrogen) atoms. The number of benzene rings is 3. The average molecular weight is 511 g/mol. The zero-order valence-corrected chi connectivity index (χ0v) is 19.2. The fourth-order valence-corrected chi connectivity index (χ4v) is 4.69. The van der Waals surface area contributed by atoms with Gasteiger partial charge in [-0.05, 0) is 66.6 Å². The third kappa shape index (κ3) is 6.23. The predicted octanol–water partition coefficient (Wildman–Crippen LogP) is 4.75. The van der Waals surface area contributed by atoms with Crippen LogP contribution in [0, 0.1) is 5.82 Å². The van der Waals surface area contributed by atoms with Gasteiger partial charge in [0.1, 0.15) is 24.7 Å². The van der Waals surface area contributed by atoms with Crippen LogP contribution in [0.15, 0.2) is 65.6 Å². The van der Waals surface area contributed by atoms with Crippen molar-refractivity contribution in [2.45, 2.75) is 24.0 Å². The van der Waals surface area contributed by atoms with Crippen molar-refractivity contribution in [1.29, 1.82) is 0 Å². The predicted molar refractivity (Wildman–Crippen MR) is 121 cm³/mol. The second-order valence-electron chi connectivity index (χ2n) is 7.83. The molecule has 0 radical (unpaired) electrons. The van der Waals surface area contributed by atoms with Gasteiger partial charge in [0.25, 0.3) is 10.0 Å². The van der Waals surface area contributed by atoms with Crippen molar-refractivity contribution >= 4 is 15.7 Å². The smallest absolute Gasteiger partial charge is 0.416 e. The van der Waals surface area contributed by atoms with E-state index < -0.39 is 27.6 Å². The van der Waals surface area contributed by atoms with E-state index in [0.29, 0.717) is 13.0 Å². The van der Waals surface area contributed by atoms with Gasteiger partial charge in [-0.3, -0.25) is 4.72 Å². The van der Waals surface area contributed by atoms with Crippen molar-refractivity contribution in [3.8, 4) is 11.5 Å². The molecule has 0 spiro atoms. The van der Waals surface area contributed by atoms with Crippen LogP contribution in [-0.2, 0) is 29.2 Å². The highest BCUT2D eigenvalue weighted by Crippen LogP contribution is 2.31. The van der Waals surface area contributed by atoms with Gasteiger partial charge >= 0.3 is 6.18 Å². The monoisotopic (exact) mass is 510 g/mol. The van der Waals surface area contributed by atoms with E-state index in [1.54, 1.807) is 12.1 Å². The lowest BCUT2D eigenvalue weighted by atomic mass is 10.0. The van der Waals surface area contributed by atoms with Crippen LogP contribution >= 0.6 is 0 Å².